The summed E-state index contributed by atoms with van der Waals surface area (Å²) in [6.07, 6.45) is 1.91. The Morgan fingerprint density at radius 1 is 1.04 bits per heavy atom. The van der Waals surface area contributed by atoms with Crippen LogP contribution in [0, 0.1) is 0 Å². The first-order chi connectivity index (χ1) is 11.6. The summed E-state index contributed by atoms with van der Waals surface area (Å²) in [5, 5.41) is 6.45. The highest BCUT2D eigenvalue weighted by atomic mass is 35.5. The number of nitrogens with zero attached hydrogens (tertiary/aromatic N) is 1. The predicted molar refractivity (Wildman–Crippen MR) is 101 cm³/mol. The number of rotatable bonds is 8. The van der Waals surface area contributed by atoms with Gasteiger partial charge in [0.1, 0.15) is 0 Å². The molecule has 2 aromatic carbocycles. The van der Waals surface area contributed by atoms with E-state index in [4.69, 9.17) is 11.6 Å². The average Bonchev–Trinajstić information content (AvgIpc) is 2.59. The molecular weight excluding hydrogens is 322 g/mol. The van der Waals surface area contributed by atoms with E-state index in [1.54, 1.807) is 0 Å². The van der Waals surface area contributed by atoms with E-state index < -0.39 is 0 Å². The minimum atomic E-state index is -0.162. The van der Waals surface area contributed by atoms with E-state index in [1.807, 2.05) is 42.5 Å². The maximum absolute atomic E-state index is 11.7. The highest BCUT2D eigenvalue weighted by Gasteiger charge is 2.02. The van der Waals surface area contributed by atoms with Crippen LogP contribution < -0.4 is 10.6 Å². The van der Waals surface area contributed by atoms with Crippen molar-refractivity contribution in [3.63, 3.8) is 0 Å². The number of amides is 2. The first kappa shape index (κ1) is 18.3. The van der Waals surface area contributed by atoms with Crippen LogP contribution in [0.25, 0.3) is 0 Å². The van der Waals surface area contributed by atoms with Crippen LogP contribution in [0.4, 0.5) is 10.5 Å². The first-order valence-electron chi connectivity index (χ1n) is 8.16. The number of urea groups is 1. The van der Waals surface area contributed by atoms with Crippen molar-refractivity contribution in [2.45, 2.75) is 12.8 Å². The van der Waals surface area contributed by atoms with Crippen LogP contribution >= 0.6 is 11.6 Å². The summed E-state index contributed by atoms with van der Waals surface area (Å²) in [6.45, 7) is 2.58. The van der Waals surface area contributed by atoms with E-state index in [0.29, 0.717) is 6.54 Å². The van der Waals surface area contributed by atoms with Gasteiger partial charge in [-0.05, 0) is 56.3 Å². The quantitative estimate of drug-likeness (QED) is 0.709. The molecule has 0 aliphatic rings. The Morgan fingerprint density at radius 2 is 1.75 bits per heavy atom. The maximum atomic E-state index is 11.7. The Hall–Kier alpha value is -2.04. The van der Waals surface area contributed by atoms with Gasteiger partial charge in [-0.1, -0.05) is 41.9 Å². The van der Waals surface area contributed by atoms with Gasteiger partial charge in [-0.25, -0.2) is 4.79 Å². The number of likely N-dealkylation sites (N-methyl/N-ethyl adjacent to an activating group) is 1. The van der Waals surface area contributed by atoms with Crippen LogP contribution in [0.1, 0.15) is 12.0 Å². The number of benzene rings is 2. The Morgan fingerprint density at radius 3 is 2.46 bits per heavy atom. The molecule has 0 fully saturated rings. The zero-order valence-corrected chi connectivity index (χ0v) is 14.7. The lowest BCUT2D eigenvalue weighted by Crippen LogP contribution is -2.32. The van der Waals surface area contributed by atoms with Crippen molar-refractivity contribution in [3.05, 3.63) is 65.2 Å². The van der Waals surface area contributed by atoms with E-state index in [2.05, 4.69) is 34.7 Å². The molecule has 128 valence electrons. The minimum Gasteiger partial charge on any atom is -0.338 e. The zero-order chi connectivity index (χ0) is 17.2. The smallest absolute Gasteiger partial charge is 0.319 e. The number of halogens is 1. The number of anilines is 1. The molecule has 2 aromatic rings. The van der Waals surface area contributed by atoms with Gasteiger partial charge >= 0.3 is 6.03 Å². The molecule has 0 spiro atoms. The van der Waals surface area contributed by atoms with E-state index in [-0.39, 0.29) is 6.03 Å². The molecule has 0 heterocycles. The average molecular weight is 346 g/mol. The van der Waals surface area contributed by atoms with E-state index in [0.717, 1.165) is 36.6 Å². The molecule has 2 amide bonds. The summed E-state index contributed by atoms with van der Waals surface area (Å²) in [4.78, 5) is 14.0. The lowest BCUT2D eigenvalue weighted by molar-refractivity contribution is 0.251. The molecule has 0 radical (unpaired) electrons. The molecule has 0 saturated heterocycles. The van der Waals surface area contributed by atoms with E-state index in [1.165, 1.54) is 5.56 Å². The molecule has 2 rings (SSSR count). The Bertz CT molecular complexity index is 616. The number of nitrogens with one attached hydrogen (secondary N) is 2. The SMILES string of the molecule is CN(CCCNC(=O)Nc1ccccc1)CCc1ccc(Cl)cc1. The number of carbonyl (C=O) groups is 1. The summed E-state index contributed by atoms with van der Waals surface area (Å²) in [5.74, 6) is 0. The fourth-order valence-electron chi connectivity index (χ4n) is 2.33. The van der Waals surface area contributed by atoms with Crippen LogP contribution in [0.15, 0.2) is 54.6 Å². The molecule has 5 heteroatoms. The molecule has 24 heavy (non-hydrogen) atoms. The van der Waals surface area contributed by atoms with Crippen molar-refractivity contribution in [3.8, 4) is 0 Å². The maximum Gasteiger partial charge on any atom is 0.319 e. The van der Waals surface area contributed by atoms with Gasteiger partial charge in [-0.2, -0.15) is 0 Å². The van der Waals surface area contributed by atoms with Crippen LogP contribution in [-0.4, -0.2) is 37.6 Å². The van der Waals surface area contributed by atoms with Gasteiger partial charge in [-0.3, -0.25) is 0 Å². The highest BCUT2D eigenvalue weighted by molar-refractivity contribution is 6.30. The minimum absolute atomic E-state index is 0.162. The van der Waals surface area contributed by atoms with Gasteiger partial charge in [-0.15, -0.1) is 0 Å². The first-order valence-corrected chi connectivity index (χ1v) is 8.54. The molecular formula is C19H24ClN3O. The van der Waals surface area contributed by atoms with Crippen molar-refractivity contribution in [1.29, 1.82) is 0 Å². The summed E-state index contributed by atoms with van der Waals surface area (Å²) in [7, 11) is 2.10. The number of hydrogen-bond donors (Lipinski definition) is 2. The Labute approximate surface area is 148 Å². The molecule has 4 nitrogen and oxygen atoms in total. The summed E-state index contributed by atoms with van der Waals surface area (Å²) >= 11 is 5.89. The van der Waals surface area contributed by atoms with Crippen molar-refractivity contribution in [1.82, 2.24) is 10.2 Å². The summed E-state index contributed by atoms with van der Waals surface area (Å²) < 4.78 is 0. The highest BCUT2D eigenvalue weighted by Crippen LogP contribution is 2.10. The predicted octanol–water partition coefficient (Wildman–Crippen LogP) is 4.03. The van der Waals surface area contributed by atoms with Crippen molar-refractivity contribution in [2.75, 3.05) is 32.0 Å². The van der Waals surface area contributed by atoms with Crippen molar-refractivity contribution >= 4 is 23.3 Å². The number of hydrogen-bond acceptors (Lipinski definition) is 2. The zero-order valence-electron chi connectivity index (χ0n) is 14.0. The molecule has 0 saturated carbocycles. The number of para-hydroxylation sites is 1. The third-order valence-electron chi connectivity index (χ3n) is 3.73. The monoisotopic (exact) mass is 345 g/mol. The van der Waals surface area contributed by atoms with Gasteiger partial charge in [0.15, 0.2) is 0 Å². The molecule has 0 unspecified atom stereocenters. The molecule has 0 bridgehead atoms. The van der Waals surface area contributed by atoms with Crippen LogP contribution in [0.2, 0.25) is 5.02 Å². The normalized spacial score (nSPS) is 10.6. The second-order valence-electron chi connectivity index (χ2n) is 5.78. The lowest BCUT2D eigenvalue weighted by atomic mass is 10.1. The molecule has 0 aliphatic heterocycles. The fourth-order valence-corrected chi connectivity index (χ4v) is 2.46. The topological polar surface area (TPSA) is 44.4 Å². The second kappa shape index (κ2) is 9.96. The summed E-state index contributed by atoms with van der Waals surface area (Å²) in [5.41, 5.74) is 2.08. The standard InChI is InChI=1S/C19H24ClN3O/c1-23(15-12-16-8-10-17(20)11-9-16)14-5-13-21-19(24)22-18-6-3-2-4-7-18/h2-4,6-11H,5,12-15H2,1H3,(H2,21,22,24). The Kier molecular flexibility index (Phi) is 7.59. The Balaban J connectivity index is 1.56. The van der Waals surface area contributed by atoms with Gasteiger partial charge < -0.3 is 15.5 Å². The van der Waals surface area contributed by atoms with Gasteiger partial charge in [0.2, 0.25) is 0 Å². The molecule has 0 aliphatic carbocycles. The van der Waals surface area contributed by atoms with Crippen molar-refractivity contribution in [2.24, 2.45) is 0 Å². The largest absolute Gasteiger partial charge is 0.338 e. The van der Waals surface area contributed by atoms with Crippen molar-refractivity contribution < 1.29 is 4.79 Å². The van der Waals surface area contributed by atoms with E-state index >= 15 is 0 Å². The lowest BCUT2D eigenvalue weighted by Gasteiger charge is -2.16. The molecule has 0 aromatic heterocycles. The second-order valence-corrected chi connectivity index (χ2v) is 6.22. The van der Waals surface area contributed by atoms with Crippen LogP contribution in [0.5, 0.6) is 0 Å². The number of carbonyl (C=O) groups excluding carboxylic acids is 1. The molecule has 2 N–H and O–H groups in total. The van der Waals surface area contributed by atoms with Gasteiger partial charge in [0, 0.05) is 23.8 Å². The van der Waals surface area contributed by atoms with Crippen LogP contribution in [-0.2, 0) is 6.42 Å². The van der Waals surface area contributed by atoms with Crippen LogP contribution in [0.3, 0.4) is 0 Å². The molecule has 0 atom stereocenters. The van der Waals surface area contributed by atoms with Gasteiger partial charge in [0.05, 0.1) is 0 Å². The fraction of sp³-hybridized carbons (Fsp3) is 0.316. The van der Waals surface area contributed by atoms with E-state index in [9.17, 15) is 4.79 Å². The summed E-state index contributed by atoms with van der Waals surface area (Å²) in [6, 6.07) is 17.2. The van der Waals surface area contributed by atoms with Gasteiger partial charge in [0.25, 0.3) is 0 Å². The third-order valence-corrected chi connectivity index (χ3v) is 3.98. The third kappa shape index (κ3) is 7.02.